The standard InChI is InChI=1S/C19H17ClF3N3O/c1-18-6-4-16(13-5-7-24-10-11(13)9-18)26(18)17(27)25-12-2-3-14(15(20)8-12)19(21,22)23/h2-3,5,7-8,10,16H,4,6,9H2,1H3,(H,25,27). The Labute approximate surface area is 159 Å². The lowest BCUT2D eigenvalue weighted by Crippen LogP contribution is -2.52. The second kappa shape index (κ2) is 6.12. The summed E-state index contributed by atoms with van der Waals surface area (Å²) in [5.41, 5.74) is 1.19. The van der Waals surface area contributed by atoms with Gasteiger partial charge in [0.15, 0.2) is 0 Å². The Morgan fingerprint density at radius 1 is 1.37 bits per heavy atom. The highest BCUT2D eigenvalue weighted by atomic mass is 35.5. The molecule has 2 aromatic rings. The van der Waals surface area contributed by atoms with Gasteiger partial charge >= 0.3 is 12.2 Å². The van der Waals surface area contributed by atoms with Gasteiger partial charge in [-0.2, -0.15) is 13.2 Å². The molecule has 2 bridgehead atoms. The highest BCUT2D eigenvalue weighted by molar-refractivity contribution is 6.31. The summed E-state index contributed by atoms with van der Waals surface area (Å²) in [7, 11) is 0. The van der Waals surface area contributed by atoms with Gasteiger partial charge < -0.3 is 10.2 Å². The molecule has 8 heteroatoms. The van der Waals surface area contributed by atoms with Gasteiger partial charge in [-0.3, -0.25) is 4.98 Å². The van der Waals surface area contributed by atoms with E-state index in [1.807, 2.05) is 19.2 Å². The molecule has 0 aliphatic carbocycles. The molecule has 2 atom stereocenters. The van der Waals surface area contributed by atoms with E-state index in [0.29, 0.717) is 6.42 Å². The van der Waals surface area contributed by atoms with Gasteiger partial charge in [0, 0.05) is 23.6 Å². The van der Waals surface area contributed by atoms with Crippen LogP contribution in [0.2, 0.25) is 5.02 Å². The van der Waals surface area contributed by atoms with Crippen LogP contribution in [0.1, 0.15) is 42.5 Å². The summed E-state index contributed by atoms with van der Waals surface area (Å²) in [6.07, 6.45) is 1.43. The topological polar surface area (TPSA) is 45.2 Å². The van der Waals surface area contributed by atoms with E-state index in [-0.39, 0.29) is 23.3 Å². The number of carbonyl (C=O) groups excluding carboxylic acids is 1. The quantitative estimate of drug-likeness (QED) is 0.699. The molecule has 1 N–H and O–H groups in total. The molecule has 2 aliphatic heterocycles. The van der Waals surface area contributed by atoms with Crippen LogP contribution in [0.3, 0.4) is 0 Å². The third-order valence-electron chi connectivity index (χ3n) is 5.47. The van der Waals surface area contributed by atoms with Crippen LogP contribution in [0.25, 0.3) is 0 Å². The number of nitrogens with zero attached hydrogens (tertiary/aromatic N) is 2. The van der Waals surface area contributed by atoms with E-state index in [2.05, 4.69) is 10.3 Å². The molecule has 27 heavy (non-hydrogen) atoms. The fourth-order valence-corrected chi connectivity index (χ4v) is 4.54. The second-order valence-corrected chi connectivity index (χ2v) is 7.70. The maximum Gasteiger partial charge on any atom is 0.417 e. The Bertz CT molecular complexity index is 917. The first-order valence-corrected chi connectivity index (χ1v) is 8.97. The van der Waals surface area contributed by atoms with Gasteiger partial charge in [-0.25, -0.2) is 4.79 Å². The van der Waals surface area contributed by atoms with Crippen LogP contribution >= 0.6 is 11.6 Å². The van der Waals surface area contributed by atoms with Gasteiger partial charge in [0.05, 0.1) is 16.6 Å². The van der Waals surface area contributed by atoms with Gasteiger partial charge in [-0.05, 0) is 61.6 Å². The first kappa shape index (κ1) is 18.1. The van der Waals surface area contributed by atoms with Gasteiger partial charge in [-0.15, -0.1) is 0 Å². The van der Waals surface area contributed by atoms with E-state index in [0.717, 1.165) is 36.1 Å². The number of hydrogen-bond acceptors (Lipinski definition) is 2. The molecule has 2 aliphatic rings. The zero-order chi connectivity index (χ0) is 19.4. The van der Waals surface area contributed by atoms with E-state index in [1.54, 1.807) is 11.1 Å². The average Bonchev–Trinajstić information content (AvgIpc) is 2.83. The zero-order valence-corrected chi connectivity index (χ0v) is 15.2. The predicted octanol–water partition coefficient (Wildman–Crippen LogP) is 5.44. The van der Waals surface area contributed by atoms with Crippen LogP contribution in [-0.2, 0) is 12.6 Å². The minimum atomic E-state index is -4.53. The van der Waals surface area contributed by atoms with Crippen LogP contribution in [-0.4, -0.2) is 21.5 Å². The van der Waals surface area contributed by atoms with Gasteiger partial charge in [0.25, 0.3) is 0 Å². The van der Waals surface area contributed by atoms with Crippen molar-refractivity contribution in [2.24, 2.45) is 0 Å². The Balaban J connectivity index is 1.60. The third kappa shape index (κ3) is 3.04. The van der Waals surface area contributed by atoms with Crippen molar-refractivity contribution in [3.63, 3.8) is 0 Å². The summed E-state index contributed by atoms with van der Waals surface area (Å²) < 4.78 is 38.6. The molecule has 2 amide bonds. The number of urea groups is 1. The molecule has 4 rings (SSSR count). The van der Waals surface area contributed by atoms with Crippen molar-refractivity contribution in [2.75, 3.05) is 5.32 Å². The normalized spacial score (nSPS) is 23.9. The Morgan fingerprint density at radius 2 is 2.15 bits per heavy atom. The molecule has 0 radical (unpaired) electrons. The van der Waals surface area contributed by atoms with Crippen molar-refractivity contribution >= 4 is 23.3 Å². The number of alkyl halides is 3. The van der Waals surface area contributed by atoms with Crippen molar-refractivity contribution in [3.8, 4) is 0 Å². The fourth-order valence-electron chi connectivity index (χ4n) is 4.26. The summed E-state index contributed by atoms with van der Waals surface area (Å²) in [6, 6.07) is 4.77. The summed E-state index contributed by atoms with van der Waals surface area (Å²) in [5, 5.41) is 2.27. The number of aromatic nitrogens is 1. The lowest BCUT2D eigenvalue weighted by molar-refractivity contribution is -0.137. The molecule has 0 spiro atoms. The largest absolute Gasteiger partial charge is 0.417 e. The molecule has 1 aromatic heterocycles. The van der Waals surface area contributed by atoms with Crippen molar-refractivity contribution in [2.45, 2.75) is 43.9 Å². The Morgan fingerprint density at radius 3 is 2.85 bits per heavy atom. The predicted molar refractivity (Wildman–Crippen MR) is 95.6 cm³/mol. The first-order chi connectivity index (χ1) is 12.7. The minimum Gasteiger partial charge on any atom is -0.312 e. The number of pyridine rings is 1. The monoisotopic (exact) mass is 395 g/mol. The van der Waals surface area contributed by atoms with E-state index in [1.165, 1.54) is 6.07 Å². The number of carbonyl (C=O) groups is 1. The van der Waals surface area contributed by atoms with E-state index < -0.39 is 16.8 Å². The molecule has 3 heterocycles. The number of hydrogen-bond donors (Lipinski definition) is 1. The number of anilines is 1. The van der Waals surface area contributed by atoms with Crippen molar-refractivity contribution in [3.05, 3.63) is 58.4 Å². The van der Waals surface area contributed by atoms with Crippen LogP contribution < -0.4 is 5.32 Å². The van der Waals surface area contributed by atoms with E-state index in [4.69, 9.17) is 11.6 Å². The lowest BCUT2D eigenvalue weighted by Gasteiger charge is -2.43. The smallest absolute Gasteiger partial charge is 0.312 e. The number of amides is 2. The molecule has 1 fully saturated rings. The van der Waals surface area contributed by atoms with E-state index in [9.17, 15) is 18.0 Å². The highest BCUT2D eigenvalue weighted by Crippen LogP contribution is 2.49. The molecule has 2 unspecified atom stereocenters. The van der Waals surface area contributed by atoms with Gasteiger partial charge in [0.2, 0.25) is 0 Å². The summed E-state index contributed by atoms with van der Waals surface area (Å²) >= 11 is 5.76. The van der Waals surface area contributed by atoms with Crippen LogP contribution in [0.5, 0.6) is 0 Å². The summed E-state index contributed by atoms with van der Waals surface area (Å²) in [5.74, 6) is 0. The van der Waals surface area contributed by atoms with Crippen LogP contribution in [0.15, 0.2) is 36.7 Å². The molecule has 0 saturated carbocycles. The summed E-state index contributed by atoms with van der Waals surface area (Å²) in [6.45, 7) is 2.03. The number of fused-ring (bicyclic) bond motifs is 4. The van der Waals surface area contributed by atoms with Gasteiger partial charge in [-0.1, -0.05) is 11.6 Å². The van der Waals surface area contributed by atoms with Crippen LogP contribution in [0, 0.1) is 0 Å². The van der Waals surface area contributed by atoms with E-state index >= 15 is 0 Å². The number of halogens is 4. The van der Waals surface area contributed by atoms with Crippen molar-refractivity contribution in [1.82, 2.24) is 9.88 Å². The number of rotatable bonds is 1. The highest BCUT2D eigenvalue weighted by Gasteiger charge is 2.50. The van der Waals surface area contributed by atoms with Crippen molar-refractivity contribution in [1.29, 1.82) is 0 Å². The SMILES string of the molecule is CC12CCC(c3ccncc3C1)N2C(=O)Nc1ccc(C(F)(F)F)c(Cl)c1. The number of nitrogens with one attached hydrogen (secondary N) is 1. The van der Waals surface area contributed by atoms with Crippen molar-refractivity contribution < 1.29 is 18.0 Å². The van der Waals surface area contributed by atoms with Crippen LogP contribution in [0.4, 0.5) is 23.7 Å². The molecular formula is C19H17ClF3N3O. The zero-order valence-electron chi connectivity index (χ0n) is 14.5. The van der Waals surface area contributed by atoms with Gasteiger partial charge in [0.1, 0.15) is 0 Å². The maximum absolute atomic E-state index is 13.0. The molecule has 142 valence electrons. The molecular weight excluding hydrogens is 379 g/mol. The minimum absolute atomic E-state index is 0.0633. The fraction of sp³-hybridized carbons (Fsp3) is 0.368. The maximum atomic E-state index is 13.0. The molecule has 1 aromatic carbocycles. The Kier molecular flexibility index (Phi) is 4.10. The first-order valence-electron chi connectivity index (χ1n) is 8.59. The molecule has 4 nitrogen and oxygen atoms in total. The molecule has 1 saturated heterocycles. The Hall–Kier alpha value is -2.28. The number of benzene rings is 1. The second-order valence-electron chi connectivity index (χ2n) is 7.30. The summed E-state index contributed by atoms with van der Waals surface area (Å²) in [4.78, 5) is 19.0. The average molecular weight is 396 g/mol. The third-order valence-corrected chi connectivity index (χ3v) is 5.78. The lowest BCUT2D eigenvalue weighted by atomic mass is 9.87.